The molecule has 1 aliphatic heterocycles. The first-order valence-electron chi connectivity index (χ1n) is 6.80. The third kappa shape index (κ3) is 3.19. The zero-order chi connectivity index (χ0) is 15.6. The number of hydrogen-bond donors (Lipinski definition) is 1. The molecule has 0 aromatic heterocycles. The lowest BCUT2D eigenvalue weighted by Crippen LogP contribution is -2.42. The van der Waals surface area contributed by atoms with Gasteiger partial charge in [-0.2, -0.15) is 4.31 Å². The number of carbonyl (C=O) groups excluding carboxylic acids is 1. The van der Waals surface area contributed by atoms with Crippen LogP contribution in [0.2, 0.25) is 0 Å². The van der Waals surface area contributed by atoms with E-state index in [0.29, 0.717) is 25.1 Å². The normalized spacial score (nSPS) is 20.2. The molecule has 0 amide bonds. The number of nitrogens with two attached hydrogens (primary N) is 1. The summed E-state index contributed by atoms with van der Waals surface area (Å²) in [4.78, 5) is 11.8. The van der Waals surface area contributed by atoms with Crippen molar-refractivity contribution in [3.8, 4) is 0 Å². The Morgan fingerprint density at radius 3 is 2.76 bits per heavy atom. The minimum Gasteiger partial charge on any atom is -0.469 e. The van der Waals surface area contributed by atoms with Crippen LogP contribution in [0.4, 0.5) is 5.69 Å². The average Bonchev–Trinajstić information content (AvgIpc) is 2.49. The van der Waals surface area contributed by atoms with Crippen LogP contribution >= 0.6 is 0 Å². The van der Waals surface area contributed by atoms with Gasteiger partial charge in [-0.05, 0) is 43.5 Å². The second-order valence-electron chi connectivity index (χ2n) is 5.24. The molecule has 0 spiro atoms. The molecule has 1 aromatic carbocycles. The van der Waals surface area contributed by atoms with Crippen molar-refractivity contribution in [2.45, 2.75) is 24.7 Å². The van der Waals surface area contributed by atoms with Crippen molar-refractivity contribution in [2.75, 3.05) is 25.9 Å². The molecular weight excluding hydrogens is 292 g/mol. The SMILES string of the molecule is COC(=O)C1CCCN(S(=O)(=O)c2ccc(N)c(C)c2)C1. The molecule has 2 N–H and O–H groups in total. The molecule has 0 aliphatic carbocycles. The topological polar surface area (TPSA) is 89.7 Å². The van der Waals surface area contributed by atoms with Crippen molar-refractivity contribution in [1.82, 2.24) is 4.31 Å². The van der Waals surface area contributed by atoms with Crippen LogP contribution in [-0.4, -0.2) is 38.9 Å². The lowest BCUT2D eigenvalue weighted by atomic mass is 10.0. The molecule has 1 saturated heterocycles. The van der Waals surface area contributed by atoms with Gasteiger partial charge in [0.1, 0.15) is 0 Å². The standard InChI is InChI=1S/C14H20N2O4S/c1-10-8-12(5-6-13(10)15)21(18,19)16-7-3-4-11(9-16)14(17)20-2/h5-6,8,11H,3-4,7,9,15H2,1-2H3. The first-order chi connectivity index (χ1) is 9.86. The number of ether oxygens (including phenoxy) is 1. The van der Waals surface area contributed by atoms with Gasteiger partial charge in [0.25, 0.3) is 0 Å². The van der Waals surface area contributed by atoms with E-state index in [1.165, 1.54) is 17.5 Å². The van der Waals surface area contributed by atoms with Crippen molar-refractivity contribution in [1.29, 1.82) is 0 Å². The van der Waals surface area contributed by atoms with Crippen LogP contribution in [-0.2, 0) is 19.6 Å². The largest absolute Gasteiger partial charge is 0.469 e. The van der Waals surface area contributed by atoms with Gasteiger partial charge in [0.15, 0.2) is 0 Å². The third-order valence-electron chi connectivity index (χ3n) is 3.80. The van der Waals surface area contributed by atoms with Crippen LogP contribution in [0.5, 0.6) is 0 Å². The summed E-state index contributed by atoms with van der Waals surface area (Å²) in [7, 11) is -2.29. The third-order valence-corrected chi connectivity index (χ3v) is 5.66. The van der Waals surface area contributed by atoms with E-state index in [2.05, 4.69) is 0 Å². The van der Waals surface area contributed by atoms with E-state index in [0.717, 1.165) is 5.56 Å². The highest BCUT2D eigenvalue weighted by Crippen LogP contribution is 2.26. The predicted molar refractivity (Wildman–Crippen MR) is 79.1 cm³/mol. The molecule has 1 fully saturated rings. The first-order valence-corrected chi connectivity index (χ1v) is 8.24. The Morgan fingerprint density at radius 1 is 1.43 bits per heavy atom. The number of benzene rings is 1. The Bertz CT molecular complexity index is 642. The number of nitrogens with zero attached hydrogens (tertiary/aromatic N) is 1. The number of anilines is 1. The Labute approximate surface area is 124 Å². The maximum atomic E-state index is 12.6. The number of aryl methyl sites for hydroxylation is 1. The molecule has 6 nitrogen and oxygen atoms in total. The molecule has 1 aliphatic rings. The first kappa shape index (κ1) is 15.8. The summed E-state index contributed by atoms with van der Waals surface area (Å²) in [6, 6.07) is 4.65. The minimum absolute atomic E-state index is 0.165. The number of nitrogen functional groups attached to an aromatic ring is 1. The molecule has 1 aromatic rings. The fourth-order valence-electron chi connectivity index (χ4n) is 2.48. The van der Waals surface area contributed by atoms with Crippen molar-refractivity contribution < 1.29 is 17.9 Å². The maximum Gasteiger partial charge on any atom is 0.309 e. The second-order valence-corrected chi connectivity index (χ2v) is 7.18. The Morgan fingerprint density at radius 2 is 2.14 bits per heavy atom. The summed E-state index contributed by atoms with van der Waals surface area (Å²) >= 11 is 0. The van der Waals surface area contributed by atoms with Crippen LogP contribution in [0.15, 0.2) is 23.1 Å². The van der Waals surface area contributed by atoms with Gasteiger partial charge in [-0.1, -0.05) is 0 Å². The summed E-state index contributed by atoms with van der Waals surface area (Å²) in [5, 5.41) is 0. The minimum atomic E-state index is -3.61. The van der Waals surface area contributed by atoms with Gasteiger partial charge in [0, 0.05) is 18.8 Å². The van der Waals surface area contributed by atoms with Gasteiger partial charge in [-0.15, -0.1) is 0 Å². The van der Waals surface area contributed by atoms with E-state index >= 15 is 0 Å². The maximum absolute atomic E-state index is 12.6. The van der Waals surface area contributed by atoms with Gasteiger partial charge < -0.3 is 10.5 Å². The average molecular weight is 312 g/mol. The van der Waals surface area contributed by atoms with Gasteiger partial charge in [0.05, 0.1) is 17.9 Å². The second kappa shape index (κ2) is 6.03. The number of piperidine rings is 1. The molecule has 21 heavy (non-hydrogen) atoms. The van der Waals surface area contributed by atoms with E-state index in [9.17, 15) is 13.2 Å². The molecule has 7 heteroatoms. The molecular formula is C14H20N2O4S. The Kier molecular flexibility index (Phi) is 4.53. The van der Waals surface area contributed by atoms with Crippen molar-refractivity contribution in [2.24, 2.45) is 5.92 Å². The highest BCUT2D eigenvalue weighted by Gasteiger charge is 2.33. The van der Waals surface area contributed by atoms with Crippen LogP contribution in [0.3, 0.4) is 0 Å². The van der Waals surface area contributed by atoms with Gasteiger partial charge in [0.2, 0.25) is 10.0 Å². The molecule has 1 atom stereocenters. The molecule has 2 rings (SSSR count). The summed E-state index contributed by atoms with van der Waals surface area (Å²) < 4.78 is 31.3. The smallest absolute Gasteiger partial charge is 0.309 e. The van der Waals surface area contributed by atoms with E-state index in [1.54, 1.807) is 19.1 Å². The molecule has 116 valence electrons. The number of carbonyl (C=O) groups is 1. The fraction of sp³-hybridized carbons (Fsp3) is 0.500. The summed E-state index contributed by atoms with van der Waals surface area (Å²) in [5.74, 6) is -0.753. The number of hydrogen-bond acceptors (Lipinski definition) is 5. The van der Waals surface area contributed by atoms with Gasteiger partial charge in [-0.3, -0.25) is 4.79 Å². The van der Waals surface area contributed by atoms with E-state index in [-0.39, 0.29) is 17.4 Å². The lowest BCUT2D eigenvalue weighted by Gasteiger charge is -2.30. The highest BCUT2D eigenvalue weighted by atomic mass is 32.2. The Balaban J connectivity index is 2.26. The quantitative estimate of drug-likeness (QED) is 0.668. The van der Waals surface area contributed by atoms with Crippen LogP contribution in [0, 0.1) is 12.8 Å². The lowest BCUT2D eigenvalue weighted by molar-refractivity contribution is -0.146. The summed E-state index contributed by atoms with van der Waals surface area (Å²) in [6.07, 6.45) is 1.30. The van der Waals surface area contributed by atoms with E-state index in [4.69, 9.17) is 10.5 Å². The number of methoxy groups -OCH3 is 1. The zero-order valence-electron chi connectivity index (χ0n) is 12.2. The number of rotatable bonds is 3. The van der Waals surface area contributed by atoms with Crippen molar-refractivity contribution in [3.05, 3.63) is 23.8 Å². The molecule has 1 heterocycles. The van der Waals surface area contributed by atoms with Crippen LogP contribution in [0.1, 0.15) is 18.4 Å². The van der Waals surface area contributed by atoms with Crippen LogP contribution < -0.4 is 5.73 Å². The fourth-order valence-corrected chi connectivity index (χ4v) is 4.09. The van der Waals surface area contributed by atoms with E-state index < -0.39 is 15.9 Å². The Hall–Kier alpha value is -1.60. The zero-order valence-corrected chi connectivity index (χ0v) is 13.0. The van der Waals surface area contributed by atoms with E-state index in [1.807, 2.05) is 0 Å². The summed E-state index contributed by atoms with van der Waals surface area (Å²) in [5.41, 5.74) is 7.00. The molecule has 0 saturated carbocycles. The molecule has 0 radical (unpaired) electrons. The monoisotopic (exact) mass is 312 g/mol. The van der Waals surface area contributed by atoms with Crippen LogP contribution in [0.25, 0.3) is 0 Å². The predicted octanol–water partition coefficient (Wildman–Crippen LogP) is 1.15. The molecule has 1 unspecified atom stereocenters. The molecule has 0 bridgehead atoms. The van der Waals surface area contributed by atoms with Crippen molar-refractivity contribution >= 4 is 21.7 Å². The van der Waals surface area contributed by atoms with Gasteiger partial charge in [-0.25, -0.2) is 8.42 Å². The van der Waals surface area contributed by atoms with Crippen molar-refractivity contribution in [3.63, 3.8) is 0 Å². The van der Waals surface area contributed by atoms with Gasteiger partial charge >= 0.3 is 5.97 Å². The number of esters is 1. The summed E-state index contributed by atoms with van der Waals surface area (Å²) in [6.45, 7) is 2.35. The highest BCUT2D eigenvalue weighted by molar-refractivity contribution is 7.89. The number of sulfonamides is 1.